The van der Waals surface area contributed by atoms with Crippen LogP contribution in [0.5, 0.6) is 0 Å². The molecule has 0 spiro atoms. The summed E-state index contributed by atoms with van der Waals surface area (Å²) in [6.07, 6.45) is 0. The first-order valence-electron chi connectivity index (χ1n) is 16.6. The molecule has 2 nitrogen and oxygen atoms in total. The summed E-state index contributed by atoms with van der Waals surface area (Å²) in [5, 5.41) is 7.37. The Morgan fingerprint density at radius 2 is 1.08 bits per heavy atom. The third-order valence-corrected chi connectivity index (χ3v) is 10.9. The van der Waals surface area contributed by atoms with Crippen molar-refractivity contribution in [1.29, 1.82) is 0 Å². The number of thiophene rings is 1. The predicted molar refractivity (Wildman–Crippen MR) is 210 cm³/mol. The van der Waals surface area contributed by atoms with Crippen LogP contribution in [0.1, 0.15) is 0 Å². The molecule has 0 radical (unpaired) electrons. The minimum atomic E-state index is 0.877. The Hall–Kier alpha value is -6.16. The summed E-state index contributed by atoms with van der Waals surface area (Å²) in [4.78, 5) is 2.34. The normalized spacial score (nSPS) is 11.7. The van der Waals surface area contributed by atoms with Crippen LogP contribution in [0.3, 0.4) is 0 Å². The van der Waals surface area contributed by atoms with E-state index in [1.54, 1.807) is 0 Å². The molecule has 230 valence electrons. The maximum atomic E-state index is 6.37. The highest BCUT2D eigenvalue weighted by atomic mass is 32.1. The molecule has 0 amide bonds. The monoisotopic (exact) mass is 643 g/mol. The topological polar surface area (TPSA) is 16.4 Å². The first-order valence-corrected chi connectivity index (χ1v) is 17.4. The van der Waals surface area contributed by atoms with E-state index in [4.69, 9.17) is 4.42 Å². The number of anilines is 3. The number of hydrogen-bond donors (Lipinski definition) is 0. The van der Waals surface area contributed by atoms with Crippen molar-refractivity contribution < 1.29 is 4.42 Å². The molecule has 0 N–H and O–H groups in total. The van der Waals surface area contributed by atoms with Crippen molar-refractivity contribution in [3.63, 3.8) is 0 Å². The molecule has 0 atom stereocenters. The van der Waals surface area contributed by atoms with Gasteiger partial charge in [0.05, 0.1) is 0 Å². The van der Waals surface area contributed by atoms with Crippen LogP contribution in [0.15, 0.2) is 180 Å². The SMILES string of the molecule is c1cc(-c2cccc3c2sc2ccccc23)cc(N(c2ccc(-c3ccc4ccccc4c3)cc2)c2ccc3c(c2)oc2ccccc23)c1. The quantitative estimate of drug-likeness (QED) is 0.186. The van der Waals surface area contributed by atoms with Crippen molar-refractivity contribution in [2.75, 3.05) is 4.90 Å². The highest BCUT2D eigenvalue weighted by Crippen LogP contribution is 2.43. The average molecular weight is 644 g/mol. The van der Waals surface area contributed by atoms with Crippen LogP contribution in [-0.2, 0) is 0 Å². The third-order valence-electron chi connectivity index (χ3n) is 9.65. The maximum absolute atomic E-state index is 6.37. The number of fused-ring (bicyclic) bond motifs is 7. The Morgan fingerprint density at radius 3 is 2.00 bits per heavy atom. The fourth-order valence-electron chi connectivity index (χ4n) is 7.26. The number of hydrogen-bond acceptors (Lipinski definition) is 3. The second-order valence-electron chi connectivity index (χ2n) is 12.6. The average Bonchev–Trinajstić information content (AvgIpc) is 3.73. The lowest BCUT2D eigenvalue weighted by Crippen LogP contribution is -2.10. The van der Waals surface area contributed by atoms with Gasteiger partial charge in [-0.1, -0.05) is 115 Å². The molecule has 2 heterocycles. The third kappa shape index (κ3) is 4.70. The van der Waals surface area contributed by atoms with E-state index in [-0.39, 0.29) is 0 Å². The van der Waals surface area contributed by atoms with Crippen molar-refractivity contribution >= 4 is 81.3 Å². The maximum Gasteiger partial charge on any atom is 0.137 e. The van der Waals surface area contributed by atoms with Crippen molar-refractivity contribution in [2.24, 2.45) is 0 Å². The molecule has 0 aliphatic carbocycles. The van der Waals surface area contributed by atoms with E-state index in [0.29, 0.717) is 0 Å². The molecule has 0 fully saturated rings. The molecule has 3 heteroatoms. The van der Waals surface area contributed by atoms with Crippen LogP contribution in [-0.4, -0.2) is 0 Å². The van der Waals surface area contributed by atoms with Crippen LogP contribution in [0.4, 0.5) is 17.1 Å². The van der Waals surface area contributed by atoms with E-state index in [9.17, 15) is 0 Å². The number of para-hydroxylation sites is 1. The molecule has 2 aromatic heterocycles. The summed E-state index contributed by atoms with van der Waals surface area (Å²) in [6.45, 7) is 0. The van der Waals surface area contributed by atoms with Crippen LogP contribution >= 0.6 is 11.3 Å². The van der Waals surface area contributed by atoms with Crippen LogP contribution in [0, 0.1) is 0 Å². The van der Waals surface area contributed by atoms with Crippen molar-refractivity contribution in [3.8, 4) is 22.3 Å². The zero-order chi connectivity index (χ0) is 32.3. The van der Waals surface area contributed by atoms with E-state index in [0.717, 1.165) is 39.0 Å². The fourth-order valence-corrected chi connectivity index (χ4v) is 8.50. The Bertz CT molecular complexity index is 2840. The Kier molecular flexibility index (Phi) is 6.39. The van der Waals surface area contributed by atoms with E-state index < -0.39 is 0 Å². The minimum Gasteiger partial charge on any atom is -0.456 e. The van der Waals surface area contributed by atoms with Gasteiger partial charge >= 0.3 is 0 Å². The molecule has 0 saturated heterocycles. The molecule has 8 aromatic carbocycles. The van der Waals surface area contributed by atoms with Gasteiger partial charge in [0, 0.05) is 54.1 Å². The number of benzene rings is 8. The molecule has 49 heavy (non-hydrogen) atoms. The van der Waals surface area contributed by atoms with E-state index in [1.807, 2.05) is 23.5 Å². The minimum absolute atomic E-state index is 0.877. The molecule has 0 aliphatic heterocycles. The number of furan rings is 1. The second-order valence-corrected chi connectivity index (χ2v) is 13.6. The lowest BCUT2D eigenvalue weighted by Gasteiger charge is -2.26. The Labute approximate surface area is 287 Å². The zero-order valence-electron chi connectivity index (χ0n) is 26.5. The van der Waals surface area contributed by atoms with Crippen molar-refractivity contribution in [2.45, 2.75) is 0 Å². The van der Waals surface area contributed by atoms with Crippen LogP contribution in [0.25, 0.3) is 75.1 Å². The molecule has 10 rings (SSSR count). The van der Waals surface area contributed by atoms with Gasteiger partial charge in [0.25, 0.3) is 0 Å². The number of rotatable bonds is 5. The fraction of sp³-hybridized carbons (Fsp3) is 0. The lowest BCUT2D eigenvalue weighted by molar-refractivity contribution is 0.669. The Balaban J connectivity index is 1.12. The van der Waals surface area contributed by atoms with Gasteiger partial charge in [-0.2, -0.15) is 0 Å². The molecular weight excluding hydrogens is 615 g/mol. The molecule has 0 aliphatic rings. The summed E-state index contributed by atoms with van der Waals surface area (Å²) in [5.41, 5.74) is 9.83. The van der Waals surface area contributed by atoms with Gasteiger partial charge < -0.3 is 9.32 Å². The van der Waals surface area contributed by atoms with Gasteiger partial charge in [0.2, 0.25) is 0 Å². The van der Waals surface area contributed by atoms with Gasteiger partial charge in [-0.15, -0.1) is 11.3 Å². The summed E-state index contributed by atoms with van der Waals surface area (Å²) >= 11 is 1.87. The van der Waals surface area contributed by atoms with Crippen molar-refractivity contribution in [1.82, 2.24) is 0 Å². The zero-order valence-corrected chi connectivity index (χ0v) is 27.3. The van der Waals surface area contributed by atoms with E-state index >= 15 is 0 Å². The summed E-state index contributed by atoms with van der Waals surface area (Å²) in [5.74, 6) is 0. The molecular formula is C46H29NOS. The molecule has 0 saturated carbocycles. The van der Waals surface area contributed by atoms with E-state index in [2.05, 4.69) is 169 Å². The molecule has 0 bridgehead atoms. The summed E-state index contributed by atoms with van der Waals surface area (Å²) in [7, 11) is 0. The van der Waals surface area contributed by atoms with E-state index in [1.165, 1.54) is 53.2 Å². The first kappa shape index (κ1) is 27.9. The van der Waals surface area contributed by atoms with Crippen LogP contribution in [0.2, 0.25) is 0 Å². The smallest absolute Gasteiger partial charge is 0.137 e. The van der Waals surface area contributed by atoms with Crippen LogP contribution < -0.4 is 4.90 Å². The van der Waals surface area contributed by atoms with Gasteiger partial charge in [-0.3, -0.25) is 0 Å². The predicted octanol–water partition coefficient (Wildman–Crippen LogP) is 13.9. The van der Waals surface area contributed by atoms with Crippen molar-refractivity contribution in [3.05, 3.63) is 176 Å². The molecule has 10 aromatic rings. The highest BCUT2D eigenvalue weighted by Gasteiger charge is 2.18. The first-order chi connectivity index (χ1) is 24.3. The molecule has 0 unspecified atom stereocenters. The van der Waals surface area contributed by atoms with Gasteiger partial charge in [0.15, 0.2) is 0 Å². The van der Waals surface area contributed by atoms with Gasteiger partial charge in [-0.05, 0) is 87.6 Å². The second kappa shape index (κ2) is 11.2. The van der Waals surface area contributed by atoms with Gasteiger partial charge in [-0.25, -0.2) is 0 Å². The lowest BCUT2D eigenvalue weighted by atomic mass is 10.00. The summed E-state index contributed by atoms with van der Waals surface area (Å²) < 4.78 is 9.00. The summed E-state index contributed by atoms with van der Waals surface area (Å²) in [6, 6.07) is 63.3. The number of nitrogens with zero attached hydrogens (tertiary/aromatic N) is 1. The van der Waals surface area contributed by atoms with Gasteiger partial charge in [0.1, 0.15) is 11.2 Å². The highest BCUT2D eigenvalue weighted by molar-refractivity contribution is 7.26. The Morgan fingerprint density at radius 1 is 0.388 bits per heavy atom. The largest absolute Gasteiger partial charge is 0.456 e. The standard InChI is InChI=1S/C46H29NOS/c1-2-10-32-27-33(20-19-30(32)9-1)31-21-23-35(24-22-31)47(37-25-26-40-39-13-3-5-17-43(39)48-44(40)29-37)36-12-7-11-34(28-36)38-15-8-16-42-41-14-4-6-18-45(41)49-46(38)42/h1-29H.